The zero-order chi connectivity index (χ0) is 9.23. The molecular weight excluding hydrogens is 152 g/mol. The van der Waals surface area contributed by atoms with Crippen molar-refractivity contribution in [3.8, 4) is 0 Å². The lowest BCUT2D eigenvalue weighted by Gasteiger charge is -1.92. The SMILES string of the molecule is CCC/C=C\CCCCC(=O)O. The Morgan fingerprint density at radius 1 is 1.25 bits per heavy atom. The van der Waals surface area contributed by atoms with Gasteiger partial charge in [0.25, 0.3) is 0 Å². The standard InChI is InChI=1S/C10H18O2/c1-2-3-4-5-6-7-8-9-10(11)12/h4-5H,2-3,6-9H2,1H3,(H,11,12)/b5-4-. The molecule has 0 heterocycles. The van der Waals surface area contributed by atoms with Gasteiger partial charge in [-0.25, -0.2) is 0 Å². The Hall–Kier alpha value is -0.790. The van der Waals surface area contributed by atoms with E-state index in [0.29, 0.717) is 6.42 Å². The van der Waals surface area contributed by atoms with Crippen molar-refractivity contribution in [1.82, 2.24) is 0 Å². The van der Waals surface area contributed by atoms with Crippen molar-refractivity contribution < 1.29 is 9.90 Å². The molecule has 0 aromatic heterocycles. The average molecular weight is 170 g/mol. The molecule has 70 valence electrons. The van der Waals surface area contributed by atoms with Crippen LogP contribution in [0.1, 0.15) is 45.4 Å². The van der Waals surface area contributed by atoms with Gasteiger partial charge in [0.15, 0.2) is 0 Å². The summed E-state index contributed by atoms with van der Waals surface area (Å²) < 4.78 is 0. The maximum Gasteiger partial charge on any atom is 0.303 e. The Morgan fingerprint density at radius 3 is 2.50 bits per heavy atom. The van der Waals surface area contributed by atoms with E-state index in [1.807, 2.05) is 0 Å². The van der Waals surface area contributed by atoms with Gasteiger partial charge in [0.05, 0.1) is 0 Å². The third-order valence-corrected chi connectivity index (χ3v) is 1.63. The second kappa shape index (κ2) is 8.31. The van der Waals surface area contributed by atoms with Gasteiger partial charge in [-0.15, -0.1) is 0 Å². The maximum absolute atomic E-state index is 10.1. The van der Waals surface area contributed by atoms with E-state index >= 15 is 0 Å². The van der Waals surface area contributed by atoms with Crippen LogP contribution in [0, 0.1) is 0 Å². The van der Waals surface area contributed by atoms with Gasteiger partial charge < -0.3 is 5.11 Å². The fraction of sp³-hybridized carbons (Fsp3) is 0.700. The van der Waals surface area contributed by atoms with Gasteiger partial charge in [-0.3, -0.25) is 4.79 Å². The van der Waals surface area contributed by atoms with Crippen LogP contribution in [-0.2, 0) is 4.79 Å². The summed E-state index contributed by atoms with van der Waals surface area (Å²) in [6.45, 7) is 2.15. The molecule has 1 N–H and O–H groups in total. The second-order valence-electron chi connectivity index (χ2n) is 2.90. The summed E-state index contributed by atoms with van der Waals surface area (Å²) >= 11 is 0. The summed E-state index contributed by atoms with van der Waals surface area (Å²) in [7, 11) is 0. The van der Waals surface area contributed by atoms with Gasteiger partial charge >= 0.3 is 5.97 Å². The topological polar surface area (TPSA) is 37.3 Å². The molecule has 0 rings (SSSR count). The molecule has 0 aromatic rings. The monoisotopic (exact) mass is 170 g/mol. The summed E-state index contributed by atoms with van der Waals surface area (Å²) in [6.07, 6.45) is 9.75. The highest BCUT2D eigenvalue weighted by Gasteiger charge is 1.93. The number of unbranched alkanes of at least 4 members (excludes halogenated alkanes) is 3. The lowest BCUT2D eigenvalue weighted by Crippen LogP contribution is -1.92. The number of carboxylic acid groups (broad SMARTS) is 1. The molecule has 0 unspecified atom stereocenters. The first-order valence-corrected chi connectivity index (χ1v) is 4.64. The second-order valence-corrected chi connectivity index (χ2v) is 2.90. The smallest absolute Gasteiger partial charge is 0.303 e. The molecule has 12 heavy (non-hydrogen) atoms. The van der Waals surface area contributed by atoms with Crippen molar-refractivity contribution in [3.05, 3.63) is 12.2 Å². The first-order chi connectivity index (χ1) is 5.77. The van der Waals surface area contributed by atoms with E-state index in [-0.39, 0.29) is 0 Å². The van der Waals surface area contributed by atoms with Gasteiger partial charge in [-0.1, -0.05) is 25.5 Å². The van der Waals surface area contributed by atoms with Crippen LogP contribution >= 0.6 is 0 Å². The van der Waals surface area contributed by atoms with Crippen molar-refractivity contribution in [3.63, 3.8) is 0 Å². The largest absolute Gasteiger partial charge is 0.481 e. The summed E-state index contributed by atoms with van der Waals surface area (Å²) in [4.78, 5) is 10.1. The van der Waals surface area contributed by atoms with E-state index in [1.54, 1.807) is 0 Å². The molecular formula is C10H18O2. The Kier molecular flexibility index (Phi) is 7.76. The fourth-order valence-electron chi connectivity index (χ4n) is 0.941. The summed E-state index contributed by atoms with van der Waals surface area (Å²) in [5, 5.41) is 8.34. The molecule has 0 aliphatic rings. The van der Waals surface area contributed by atoms with Crippen LogP contribution in [0.25, 0.3) is 0 Å². The first kappa shape index (κ1) is 11.2. The number of allylic oxidation sites excluding steroid dienone is 2. The first-order valence-electron chi connectivity index (χ1n) is 4.64. The zero-order valence-electron chi connectivity index (χ0n) is 7.75. The van der Waals surface area contributed by atoms with Gasteiger partial charge in [0.1, 0.15) is 0 Å². The van der Waals surface area contributed by atoms with E-state index < -0.39 is 5.97 Å². The van der Waals surface area contributed by atoms with E-state index in [1.165, 1.54) is 6.42 Å². The lowest BCUT2D eigenvalue weighted by atomic mass is 10.2. The molecule has 0 aliphatic carbocycles. The van der Waals surface area contributed by atoms with Crippen molar-refractivity contribution in [2.45, 2.75) is 45.4 Å². The molecule has 0 aromatic carbocycles. The van der Waals surface area contributed by atoms with Gasteiger partial charge in [-0.05, 0) is 25.7 Å². The number of hydrogen-bond donors (Lipinski definition) is 1. The molecule has 0 atom stereocenters. The highest BCUT2D eigenvalue weighted by atomic mass is 16.4. The molecule has 0 radical (unpaired) electrons. The average Bonchev–Trinajstić information content (AvgIpc) is 2.02. The third kappa shape index (κ3) is 9.21. The quantitative estimate of drug-likeness (QED) is 0.471. The molecule has 2 nitrogen and oxygen atoms in total. The fourth-order valence-corrected chi connectivity index (χ4v) is 0.941. The van der Waals surface area contributed by atoms with Gasteiger partial charge in [0.2, 0.25) is 0 Å². The number of aliphatic carboxylic acids is 1. The highest BCUT2D eigenvalue weighted by molar-refractivity contribution is 5.66. The zero-order valence-corrected chi connectivity index (χ0v) is 7.75. The van der Waals surface area contributed by atoms with E-state index in [0.717, 1.165) is 25.7 Å². The molecule has 2 heteroatoms. The number of carboxylic acids is 1. The highest BCUT2D eigenvalue weighted by Crippen LogP contribution is 2.01. The van der Waals surface area contributed by atoms with E-state index in [4.69, 9.17) is 5.11 Å². The molecule has 0 amide bonds. The Morgan fingerprint density at radius 2 is 1.92 bits per heavy atom. The van der Waals surface area contributed by atoms with Gasteiger partial charge in [0, 0.05) is 6.42 Å². The van der Waals surface area contributed by atoms with Crippen molar-refractivity contribution >= 4 is 5.97 Å². The number of hydrogen-bond acceptors (Lipinski definition) is 1. The predicted molar refractivity (Wildman–Crippen MR) is 50.2 cm³/mol. The summed E-state index contributed by atoms with van der Waals surface area (Å²) in [5.41, 5.74) is 0. The molecule has 0 bridgehead atoms. The predicted octanol–water partition coefficient (Wildman–Crippen LogP) is 2.99. The van der Waals surface area contributed by atoms with E-state index in [9.17, 15) is 4.79 Å². The van der Waals surface area contributed by atoms with Crippen molar-refractivity contribution in [1.29, 1.82) is 0 Å². The van der Waals surface area contributed by atoms with Crippen LogP contribution in [0.3, 0.4) is 0 Å². The molecule has 0 fully saturated rings. The minimum absolute atomic E-state index is 0.307. The Labute approximate surface area is 74.3 Å². The normalized spacial score (nSPS) is 10.8. The van der Waals surface area contributed by atoms with Crippen LogP contribution in [0.15, 0.2) is 12.2 Å². The maximum atomic E-state index is 10.1. The molecule has 0 saturated heterocycles. The number of carbonyl (C=O) groups is 1. The lowest BCUT2D eigenvalue weighted by molar-refractivity contribution is -0.137. The van der Waals surface area contributed by atoms with Crippen molar-refractivity contribution in [2.24, 2.45) is 0 Å². The summed E-state index contributed by atoms with van der Waals surface area (Å²) in [6, 6.07) is 0. The minimum atomic E-state index is -0.687. The molecule has 0 spiro atoms. The van der Waals surface area contributed by atoms with Crippen LogP contribution < -0.4 is 0 Å². The summed E-state index contributed by atoms with van der Waals surface area (Å²) in [5.74, 6) is -0.687. The third-order valence-electron chi connectivity index (χ3n) is 1.63. The van der Waals surface area contributed by atoms with Crippen LogP contribution in [0.2, 0.25) is 0 Å². The molecule has 0 saturated carbocycles. The Balaban J connectivity index is 3.05. The van der Waals surface area contributed by atoms with Crippen LogP contribution in [-0.4, -0.2) is 11.1 Å². The Bertz CT molecular complexity index is 139. The van der Waals surface area contributed by atoms with Crippen molar-refractivity contribution in [2.75, 3.05) is 0 Å². The van der Waals surface area contributed by atoms with Crippen LogP contribution in [0.4, 0.5) is 0 Å². The molecule has 0 aliphatic heterocycles. The number of rotatable bonds is 7. The van der Waals surface area contributed by atoms with Gasteiger partial charge in [-0.2, -0.15) is 0 Å². The minimum Gasteiger partial charge on any atom is -0.481 e. The van der Waals surface area contributed by atoms with E-state index in [2.05, 4.69) is 19.1 Å². The van der Waals surface area contributed by atoms with Crippen LogP contribution in [0.5, 0.6) is 0 Å².